The van der Waals surface area contributed by atoms with E-state index >= 15 is 0 Å². The van der Waals surface area contributed by atoms with Crippen molar-refractivity contribution in [2.45, 2.75) is 6.92 Å². The van der Waals surface area contributed by atoms with Crippen molar-refractivity contribution in [1.82, 2.24) is 9.78 Å². The zero-order valence-corrected chi connectivity index (χ0v) is 11.5. The van der Waals surface area contributed by atoms with E-state index < -0.39 is 17.3 Å². The van der Waals surface area contributed by atoms with Crippen molar-refractivity contribution in [3.63, 3.8) is 0 Å². The minimum absolute atomic E-state index is 0.0248. The Balaban J connectivity index is 2.57. The summed E-state index contributed by atoms with van der Waals surface area (Å²) in [5.74, 6) is -1.12. The Kier molecular flexibility index (Phi) is 4.32. The third-order valence-corrected chi connectivity index (χ3v) is 2.66. The molecule has 1 aromatic carbocycles. The average Bonchev–Trinajstić information content (AvgIpc) is 2.48. The van der Waals surface area contributed by atoms with E-state index in [4.69, 9.17) is 9.47 Å². The molecule has 0 saturated carbocycles. The van der Waals surface area contributed by atoms with E-state index in [0.717, 1.165) is 10.7 Å². The van der Waals surface area contributed by atoms with Gasteiger partial charge in [-0.1, -0.05) is 0 Å². The second kappa shape index (κ2) is 6.17. The van der Waals surface area contributed by atoms with Gasteiger partial charge in [0.1, 0.15) is 5.82 Å². The molecule has 1 heterocycles. The summed E-state index contributed by atoms with van der Waals surface area (Å²) < 4.78 is 23.7. The zero-order chi connectivity index (χ0) is 15.4. The molecular weight excluding hydrogens is 279 g/mol. The van der Waals surface area contributed by atoms with Crippen LogP contribution in [0.2, 0.25) is 0 Å². The van der Waals surface area contributed by atoms with Crippen molar-refractivity contribution in [2.24, 2.45) is 0 Å². The number of ether oxygens (including phenoxy) is 2. The highest BCUT2D eigenvalue weighted by atomic mass is 19.1. The highest BCUT2D eigenvalue weighted by Crippen LogP contribution is 2.15. The fourth-order valence-electron chi connectivity index (χ4n) is 1.70. The van der Waals surface area contributed by atoms with Crippen LogP contribution in [0.25, 0.3) is 5.69 Å². The first-order valence-electron chi connectivity index (χ1n) is 6.18. The lowest BCUT2D eigenvalue weighted by Crippen LogP contribution is -2.24. The summed E-state index contributed by atoms with van der Waals surface area (Å²) in [4.78, 5) is 23.8. The third kappa shape index (κ3) is 3.07. The summed E-state index contributed by atoms with van der Waals surface area (Å²) in [5.41, 5.74) is -0.301. The molecule has 0 aliphatic heterocycles. The Morgan fingerprint density at radius 3 is 2.57 bits per heavy atom. The van der Waals surface area contributed by atoms with E-state index in [1.165, 1.54) is 31.4 Å². The lowest BCUT2D eigenvalue weighted by Gasteiger charge is -2.10. The molecule has 0 saturated heterocycles. The van der Waals surface area contributed by atoms with Crippen molar-refractivity contribution < 1.29 is 18.7 Å². The molecule has 0 N–H and O–H groups in total. The van der Waals surface area contributed by atoms with Gasteiger partial charge in [0.05, 0.1) is 25.5 Å². The Morgan fingerprint density at radius 2 is 2.00 bits per heavy atom. The molecule has 0 aliphatic rings. The normalized spacial score (nSPS) is 10.2. The average molecular weight is 292 g/mol. The molecule has 0 amide bonds. The monoisotopic (exact) mass is 292 g/mol. The maximum Gasteiger partial charge on any atom is 0.362 e. The number of hydrogen-bond acceptors (Lipinski definition) is 5. The molecule has 2 aromatic rings. The molecule has 0 bridgehead atoms. The van der Waals surface area contributed by atoms with Gasteiger partial charge in [-0.05, 0) is 31.2 Å². The Morgan fingerprint density at radius 1 is 1.33 bits per heavy atom. The number of methoxy groups -OCH3 is 1. The summed E-state index contributed by atoms with van der Waals surface area (Å²) in [5, 5.41) is 3.94. The van der Waals surface area contributed by atoms with Crippen LogP contribution in [-0.2, 0) is 4.74 Å². The van der Waals surface area contributed by atoms with Crippen LogP contribution < -0.4 is 10.3 Å². The molecule has 0 fully saturated rings. The topological polar surface area (TPSA) is 70.4 Å². The van der Waals surface area contributed by atoms with Crippen LogP contribution in [0.3, 0.4) is 0 Å². The second-order valence-corrected chi connectivity index (χ2v) is 4.01. The predicted molar refractivity (Wildman–Crippen MR) is 72.3 cm³/mol. The van der Waals surface area contributed by atoms with Gasteiger partial charge >= 0.3 is 5.97 Å². The molecule has 110 valence electrons. The predicted octanol–water partition coefficient (Wildman–Crippen LogP) is 1.56. The fraction of sp³-hybridized carbons (Fsp3) is 0.214. The highest BCUT2D eigenvalue weighted by Gasteiger charge is 2.18. The molecule has 0 radical (unpaired) electrons. The Labute approximate surface area is 119 Å². The molecule has 21 heavy (non-hydrogen) atoms. The van der Waals surface area contributed by atoms with Gasteiger partial charge < -0.3 is 9.47 Å². The van der Waals surface area contributed by atoms with E-state index in [-0.39, 0.29) is 18.1 Å². The number of rotatable bonds is 4. The van der Waals surface area contributed by atoms with Crippen LogP contribution in [0.4, 0.5) is 4.39 Å². The quantitative estimate of drug-likeness (QED) is 0.800. The van der Waals surface area contributed by atoms with Crippen LogP contribution in [0, 0.1) is 5.82 Å². The van der Waals surface area contributed by atoms with E-state index in [1.54, 1.807) is 6.92 Å². The minimum atomic E-state index is -0.704. The number of nitrogens with zero attached hydrogens (tertiary/aromatic N) is 2. The van der Waals surface area contributed by atoms with Crippen molar-refractivity contribution >= 4 is 5.97 Å². The summed E-state index contributed by atoms with van der Waals surface area (Å²) in [6.07, 6.45) is 0. The maximum absolute atomic E-state index is 12.9. The lowest BCUT2D eigenvalue weighted by molar-refractivity contribution is 0.0513. The van der Waals surface area contributed by atoms with Crippen LogP contribution in [0.5, 0.6) is 5.75 Å². The number of halogens is 1. The van der Waals surface area contributed by atoms with Crippen LogP contribution in [-0.4, -0.2) is 29.5 Å². The Hall–Kier alpha value is -2.70. The van der Waals surface area contributed by atoms with Gasteiger partial charge in [0.2, 0.25) is 5.69 Å². The highest BCUT2D eigenvalue weighted by molar-refractivity contribution is 5.90. The minimum Gasteiger partial charge on any atom is -0.494 e. The van der Waals surface area contributed by atoms with Gasteiger partial charge in [-0.25, -0.2) is 9.18 Å². The molecule has 0 spiro atoms. The standard InChI is InChI=1S/C14H13FN2O4/c1-3-21-14(19)13-11(20-2)8-12(18)17(16-13)10-6-4-9(15)5-7-10/h4-8H,3H2,1-2H3. The maximum atomic E-state index is 12.9. The van der Waals surface area contributed by atoms with Gasteiger partial charge in [0, 0.05) is 0 Å². The van der Waals surface area contributed by atoms with Crippen molar-refractivity contribution in [2.75, 3.05) is 13.7 Å². The summed E-state index contributed by atoms with van der Waals surface area (Å²) in [7, 11) is 1.32. The molecule has 1 aromatic heterocycles. The van der Waals surface area contributed by atoms with Crippen LogP contribution in [0.1, 0.15) is 17.4 Å². The fourth-order valence-corrected chi connectivity index (χ4v) is 1.70. The zero-order valence-electron chi connectivity index (χ0n) is 11.5. The van der Waals surface area contributed by atoms with Crippen LogP contribution >= 0.6 is 0 Å². The van der Waals surface area contributed by atoms with Gasteiger partial charge in [0.15, 0.2) is 5.75 Å². The van der Waals surface area contributed by atoms with Gasteiger partial charge in [-0.2, -0.15) is 9.78 Å². The molecule has 0 atom stereocenters. The molecule has 7 heteroatoms. The van der Waals surface area contributed by atoms with E-state index in [0.29, 0.717) is 5.69 Å². The second-order valence-electron chi connectivity index (χ2n) is 4.01. The number of benzene rings is 1. The van der Waals surface area contributed by atoms with Gasteiger partial charge in [-0.3, -0.25) is 4.79 Å². The number of aromatic nitrogens is 2. The molecule has 2 rings (SSSR count). The van der Waals surface area contributed by atoms with Crippen molar-refractivity contribution in [3.8, 4) is 11.4 Å². The first-order valence-corrected chi connectivity index (χ1v) is 6.18. The third-order valence-electron chi connectivity index (χ3n) is 2.66. The summed E-state index contributed by atoms with van der Waals surface area (Å²) in [6, 6.07) is 6.27. The molecule has 6 nitrogen and oxygen atoms in total. The first kappa shape index (κ1) is 14.7. The number of carbonyl (C=O) groups excluding carboxylic acids is 1. The molecule has 0 aliphatic carbocycles. The number of hydrogen-bond donors (Lipinski definition) is 0. The first-order chi connectivity index (χ1) is 10.1. The van der Waals surface area contributed by atoms with E-state index in [9.17, 15) is 14.0 Å². The lowest BCUT2D eigenvalue weighted by atomic mass is 10.3. The number of carbonyl (C=O) groups is 1. The summed E-state index contributed by atoms with van der Waals surface area (Å²) in [6.45, 7) is 1.82. The van der Waals surface area contributed by atoms with Crippen LogP contribution in [0.15, 0.2) is 35.1 Å². The van der Waals surface area contributed by atoms with Gasteiger partial charge in [0.25, 0.3) is 5.56 Å². The SMILES string of the molecule is CCOC(=O)c1nn(-c2ccc(F)cc2)c(=O)cc1OC. The van der Waals surface area contributed by atoms with Crippen molar-refractivity contribution in [3.05, 3.63) is 52.2 Å². The van der Waals surface area contributed by atoms with E-state index in [1.807, 2.05) is 0 Å². The van der Waals surface area contributed by atoms with Crippen molar-refractivity contribution in [1.29, 1.82) is 0 Å². The smallest absolute Gasteiger partial charge is 0.362 e. The largest absolute Gasteiger partial charge is 0.494 e. The number of esters is 1. The summed E-state index contributed by atoms with van der Waals surface area (Å²) >= 11 is 0. The molecular formula is C14H13FN2O4. The Bertz CT molecular complexity index is 710. The molecule has 0 unspecified atom stereocenters. The van der Waals surface area contributed by atoms with E-state index in [2.05, 4.69) is 5.10 Å². The van der Waals surface area contributed by atoms with Gasteiger partial charge in [-0.15, -0.1) is 0 Å².